The lowest BCUT2D eigenvalue weighted by molar-refractivity contribution is 0.0953. The van der Waals surface area contributed by atoms with E-state index in [0.29, 0.717) is 18.2 Å². The summed E-state index contributed by atoms with van der Waals surface area (Å²) in [6.07, 6.45) is 3.25. The monoisotopic (exact) mass is 295 g/mol. The van der Waals surface area contributed by atoms with Gasteiger partial charge in [0.2, 0.25) is 0 Å². The summed E-state index contributed by atoms with van der Waals surface area (Å²) in [5, 5.41) is 5.99. The highest BCUT2D eigenvalue weighted by Gasteiger charge is 2.07. The number of nitrogens with zero attached hydrogens (tertiary/aromatic N) is 1. The van der Waals surface area contributed by atoms with Crippen molar-refractivity contribution in [2.24, 2.45) is 0 Å². The van der Waals surface area contributed by atoms with Crippen molar-refractivity contribution in [3.05, 3.63) is 66.5 Å². The summed E-state index contributed by atoms with van der Waals surface area (Å²) >= 11 is 0. The maximum absolute atomic E-state index is 11.9. The third kappa shape index (κ3) is 4.19. The number of rotatable bonds is 6. The van der Waals surface area contributed by atoms with Crippen LogP contribution in [0.1, 0.15) is 35.8 Å². The first-order valence-corrected chi connectivity index (χ1v) is 7.32. The Kier molecular flexibility index (Phi) is 5.31. The molecule has 0 bridgehead atoms. The smallest absolute Gasteiger partial charge is 0.270 e. The lowest BCUT2D eigenvalue weighted by Gasteiger charge is -2.10. The molecule has 114 valence electrons. The van der Waals surface area contributed by atoms with E-state index in [9.17, 15) is 4.79 Å². The van der Waals surface area contributed by atoms with Crippen LogP contribution in [0, 0.1) is 0 Å². The minimum Gasteiger partial charge on any atom is -0.355 e. The number of nitrogens with one attached hydrogen (secondary N) is 2. The number of amides is 1. The van der Waals surface area contributed by atoms with Crippen molar-refractivity contribution in [2.45, 2.75) is 19.8 Å². The van der Waals surface area contributed by atoms with Gasteiger partial charge >= 0.3 is 0 Å². The molecule has 0 unspecified atom stereocenters. The van der Waals surface area contributed by atoms with Crippen LogP contribution in [-0.4, -0.2) is 17.4 Å². The molecule has 0 spiro atoms. The Balaban J connectivity index is 2.09. The Morgan fingerprint density at radius 1 is 1.23 bits per heavy atom. The first kappa shape index (κ1) is 15.8. The van der Waals surface area contributed by atoms with Gasteiger partial charge in [0.25, 0.3) is 5.91 Å². The van der Waals surface area contributed by atoms with Crippen molar-refractivity contribution in [3.63, 3.8) is 0 Å². The first-order chi connectivity index (χ1) is 10.6. The van der Waals surface area contributed by atoms with Crippen molar-refractivity contribution in [1.82, 2.24) is 10.3 Å². The van der Waals surface area contributed by atoms with Crippen LogP contribution in [0.4, 0.5) is 11.4 Å². The van der Waals surface area contributed by atoms with E-state index in [2.05, 4.69) is 48.2 Å². The molecule has 22 heavy (non-hydrogen) atoms. The van der Waals surface area contributed by atoms with Gasteiger partial charge in [-0.1, -0.05) is 32.1 Å². The molecule has 1 aromatic heterocycles. The Morgan fingerprint density at radius 3 is 2.59 bits per heavy atom. The zero-order valence-corrected chi connectivity index (χ0v) is 13.0. The van der Waals surface area contributed by atoms with Crippen molar-refractivity contribution in [3.8, 4) is 0 Å². The molecule has 0 atom stereocenters. The van der Waals surface area contributed by atoms with Crippen LogP contribution in [0.3, 0.4) is 0 Å². The maximum Gasteiger partial charge on any atom is 0.270 e. The summed E-state index contributed by atoms with van der Waals surface area (Å²) in [6, 6.07) is 11.8. The third-order valence-corrected chi connectivity index (χ3v) is 3.27. The summed E-state index contributed by atoms with van der Waals surface area (Å²) in [5.41, 5.74) is 3.49. The van der Waals surface area contributed by atoms with Crippen LogP contribution in [0.2, 0.25) is 0 Å². The molecule has 4 heteroatoms. The molecule has 2 rings (SSSR count). The molecular formula is C18H21N3O. The topological polar surface area (TPSA) is 54.0 Å². The molecule has 4 nitrogen and oxygen atoms in total. The number of hydrogen-bond acceptors (Lipinski definition) is 3. The largest absolute Gasteiger partial charge is 0.355 e. The summed E-state index contributed by atoms with van der Waals surface area (Å²) in [6.45, 7) is 8.33. The van der Waals surface area contributed by atoms with E-state index in [1.54, 1.807) is 18.3 Å². The SMILES string of the molecule is C=CCNC(=O)c1cc(Nc2ccc(C(C)C)cc2)ccn1. The van der Waals surface area contributed by atoms with Crippen LogP contribution in [0.15, 0.2) is 55.3 Å². The van der Waals surface area contributed by atoms with Gasteiger partial charge < -0.3 is 10.6 Å². The normalized spacial score (nSPS) is 10.3. The number of carbonyl (C=O) groups is 1. The fourth-order valence-electron chi connectivity index (χ4n) is 2.01. The first-order valence-electron chi connectivity index (χ1n) is 7.32. The van der Waals surface area contributed by atoms with Gasteiger partial charge in [0.1, 0.15) is 5.69 Å². The number of hydrogen-bond donors (Lipinski definition) is 2. The molecule has 0 radical (unpaired) electrons. The van der Waals surface area contributed by atoms with Gasteiger partial charge in [0.05, 0.1) is 0 Å². The van der Waals surface area contributed by atoms with Gasteiger partial charge in [-0.15, -0.1) is 6.58 Å². The predicted molar refractivity (Wildman–Crippen MR) is 90.6 cm³/mol. The fourth-order valence-corrected chi connectivity index (χ4v) is 2.01. The second-order valence-electron chi connectivity index (χ2n) is 5.33. The lowest BCUT2D eigenvalue weighted by atomic mass is 10.0. The van der Waals surface area contributed by atoms with Crippen molar-refractivity contribution in [1.29, 1.82) is 0 Å². The van der Waals surface area contributed by atoms with E-state index in [4.69, 9.17) is 0 Å². The third-order valence-electron chi connectivity index (χ3n) is 3.27. The molecule has 2 aromatic rings. The Labute approximate surface area is 131 Å². The van der Waals surface area contributed by atoms with Gasteiger partial charge in [-0.3, -0.25) is 9.78 Å². The van der Waals surface area contributed by atoms with E-state index in [1.165, 1.54) is 5.56 Å². The maximum atomic E-state index is 11.9. The molecule has 0 fully saturated rings. The van der Waals surface area contributed by atoms with Crippen molar-refractivity contribution in [2.75, 3.05) is 11.9 Å². The molecule has 0 saturated carbocycles. The van der Waals surface area contributed by atoms with Crippen molar-refractivity contribution < 1.29 is 4.79 Å². The van der Waals surface area contributed by atoms with Crippen LogP contribution < -0.4 is 10.6 Å². The second-order valence-corrected chi connectivity index (χ2v) is 5.33. The number of aromatic nitrogens is 1. The van der Waals surface area contributed by atoms with E-state index in [0.717, 1.165) is 11.4 Å². The molecule has 0 saturated heterocycles. The van der Waals surface area contributed by atoms with Gasteiger partial charge in [0, 0.05) is 24.1 Å². The zero-order chi connectivity index (χ0) is 15.9. The van der Waals surface area contributed by atoms with E-state index in [1.807, 2.05) is 18.2 Å². The average Bonchev–Trinajstić information content (AvgIpc) is 2.53. The molecule has 0 aliphatic heterocycles. The molecule has 0 aliphatic rings. The summed E-state index contributed by atoms with van der Waals surface area (Å²) < 4.78 is 0. The highest BCUT2D eigenvalue weighted by molar-refractivity contribution is 5.93. The molecule has 0 aliphatic carbocycles. The zero-order valence-electron chi connectivity index (χ0n) is 13.0. The Morgan fingerprint density at radius 2 is 1.95 bits per heavy atom. The minimum atomic E-state index is -0.210. The summed E-state index contributed by atoms with van der Waals surface area (Å²) in [4.78, 5) is 16.0. The number of carbonyl (C=O) groups excluding carboxylic acids is 1. The van der Waals surface area contributed by atoms with E-state index < -0.39 is 0 Å². The van der Waals surface area contributed by atoms with Crippen LogP contribution in [-0.2, 0) is 0 Å². The summed E-state index contributed by atoms with van der Waals surface area (Å²) in [7, 11) is 0. The summed E-state index contributed by atoms with van der Waals surface area (Å²) in [5.74, 6) is 0.300. The average molecular weight is 295 g/mol. The lowest BCUT2D eigenvalue weighted by Crippen LogP contribution is -2.24. The van der Waals surface area contributed by atoms with E-state index >= 15 is 0 Å². The minimum absolute atomic E-state index is 0.210. The van der Waals surface area contributed by atoms with Crippen LogP contribution in [0.5, 0.6) is 0 Å². The number of benzene rings is 1. The molecular weight excluding hydrogens is 274 g/mol. The number of pyridine rings is 1. The highest BCUT2D eigenvalue weighted by atomic mass is 16.1. The Hall–Kier alpha value is -2.62. The van der Waals surface area contributed by atoms with Crippen LogP contribution in [0.25, 0.3) is 0 Å². The quantitative estimate of drug-likeness (QED) is 0.796. The standard InChI is InChI=1S/C18H21N3O/c1-4-10-20-18(22)17-12-16(9-11-19-17)21-15-7-5-14(6-8-15)13(2)3/h4-9,11-13H,1,10H2,2-3H3,(H,19,21)(H,20,22). The number of anilines is 2. The van der Waals surface area contributed by atoms with E-state index in [-0.39, 0.29) is 5.91 Å². The van der Waals surface area contributed by atoms with Gasteiger partial charge in [-0.05, 0) is 35.7 Å². The molecule has 2 N–H and O–H groups in total. The van der Waals surface area contributed by atoms with Crippen molar-refractivity contribution >= 4 is 17.3 Å². The van der Waals surface area contributed by atoms with Gasteiger partial charge in [-0.25, -0.2) is 0 Å². The molecule has 1 heterocycles. The second kappa shape index (κ2) is 7.41. The predicted octanol–water partition coefficient (Wildman–Crippen LogP) is 3.86. The van der Waals surface area contributed by atoms with Gasteiger partial charge in [0.15, 0.2) is 0 Å². The van der Waals surface area contributed by atoms with Gasteiger partial charge in [-0.2, -0.15) is 0 Å². The molecule has 1 aromatic carbocycles. The van der Waals surface area contributed by atoms with Crippen LogP contribution >= 0.6 is 0 Å². The molecule has 1 amide bonds. The highest BCUT2D eigenvalue weighted by Crippen LogP contribution is 2.20. The fraction of sp³-hybridized carbons (Fsp3) is 0.222. The Bertz CT molecular complexity index is 648.